The number of ketones is 1. The van der Waals surface area contributed by atoms with Crippen molar-refractivity contribution in [3.63, 3.8) is 0 Å². The Labute approximate surface area is 86.5 Å². The molecule has 0 aliphatic carbocycles. The van der Waals surface area contributed by atoms with Crippen molar-refractivity contribution in [3.05, 3.63) is 23.3 Å². The van der Waals surface area contributed by atoms with Crippen molar-refractivity contribution < 1.29 is 19.4 Å². The summed E-state index contributed by atoms with van der Waals surface area (Å²) in [6, 6.07) is 2.48. The normalized spacial score (nSPS) is 9.73. The molecule has 0 aliphatic heterocycles. The molecule has 3 N–H and O–H groups in total. The van der Waals surface area contributed by atoms with Crippen molar-refractivity contribution in [2.45, 2.75) is 0 Å². The lowest BCUT2D eigenvalue weighted by atomic mass is 10.0. The lowest BCUT2D eigenvalue weighted by molar-refractivity contribution is 0.0993. The quantitative estimate of drug-likeness (QED) is 0.551. The van der Waals surface area contributed by atoms with Crippen LogP contribution in [-0.4, -0.2) is 30.8 Å². The van der Waals surface area contributed by atoms with Crippen LogP contribution >= 0.6 is 0 Å². The van der Waals surface area contributed by atoms with E-state index < -0.39 is 5.78 Å². The Morgan fingerprint density at radius 3 is 2.73 bits per heavy atom. The van der Waals surface area contributed by atoms with Gasteiger partial charge in [-0.15, -0.1) is 0 Å². The summed E-state index contributed by atoms with van der Waals surface area (Å²) in [5, 5.41) is 9.42. The number of hydrogen-bond acceptors (Lipinski definition) is 5. The molecule has 0 heterocycles. The van der Waals surface area contributed by atoms with Crippen molar-refractivity contribution in [2.75, 3.05) is 13.7 Å². The van der Waals surface area contributed by atoms with Crippen LogP contribution in [0.2, 0.25) is 0 Å². The highest BCUT2D eigenvalue weighted by molar-refractivity contribution is 6.04. The van der Waals surface area contributed by atoms with E-state index in [4.69, 9.17) is 10.5 Å². The Kier molecular flexibility index (Phi) is 3.41. The summed E-state index contributed by atoms with van der Waals surface area (Å²) in [4.78, 5) is 22.0. The second-order valence-corrected chi connectivity index (χ2v) is 2.86. The van der Waals surface area contributed by atoms with Crippen molar-refractivity contribution in [1.29, 1.82) is 0 Å². The maximum atomic E-state index is 11.3. The molecule has 0 aromatic heterocycles. The molecular formula is C10H11NO4. The van der Waals surface area contributed by atoms with Crippen LogP contribution in [0.25, 0.3) is 0 Å². The molecule has 0 atom stereocenters. The fourth-order valence-corrected chi connectivity index (χ4v) is 1.20. The van der Waals surface area contributed by atoms with E-state index >= 15 is 0 Å². The van der Waals surface area contributed by atoms with Crippen LogP contribution in [0.4, 0.5) is 0 Å². The van der Waals surface area contributed by atoms with E-state index in [-0.39, 0.29) is 29.2 Å². The van der Waals surface area contributed by atoms with Gasteiger partial charge in [-0.1, -0.05) is 0 Å². The number of rotatable bonds is 4. The zero-order chi connectivity index (χ0) is 11.4. The van der Waals surface area contributed by atoms with Crippen molar-refractivity contribution in [3.8, 4) is 11.5 Å². The van der Waals surface area contributed by atoms with Gasteiger partial charge in [-0.05, 0) is 12.1 Å². The Balaban J connectivity index is 3.33. The van der Waals surface area contributed by atoms with Crippen molar-refractivity contribution in [2.24, 2.45) is 5.73 Å². The van der Waals surface area contributed by atoms with Gasteiger partial charge in [0.1, 0.15) is 0 Å². The number of hydrogen-bond donors (Lipinski definition) is 2. The SMILES string of the molecule is COc1cc(C=O)c(C(=O)CN)cc1O. The maximum absolute atomic E-state index is 11.3. The van der Waals surface area contributed by atoms with E-state index in [1.54, 1.807) is 0 Å². The lowest BCUT2D eigenvalue weighted by Crippen LogP contribution is -2.15. The molecule has 80 valence electrons. The molecule has 0 spiro atoms. The zero-order valence-electron chi connectivity index (χ0n) is 8.19. The minimum absolute atomic E-state index is 0.103. The average molecular weight is 209 g/mol. The Hall–Kier alpha value is -1.88. The first kappa shape index (κ1) is 11.2. The number of aromatic hydroxyl groups is 1. The predicted octanol–water partition coefficient (Wildman–Crippen LogP) is 0.355. The number of aldehydes is 1. The summed E-state index contributed by atoms with van der Waals surface area (Å²) in [6.07, 6.45) is 0.519. The number of carbonyl (C=O) groups is 2. The second-order valence-electron chi connectivity index (χ2n) is 2.86. The topological polar surface area (TPSA) is 89.6 Å². The summed E-state index contributed by atoms with van der Waals surface area (Å²) in [6.45, 7) is -0.216. The van der Waals surface area contributed by atoms with Crippen LogP contribution < -0.4 is 10.5 Å². The van der Waals surface area contributed by atoms with E-state index in [0.29, 0.717) is 6.29 Å². The maximum Gasteiger partial charge on any atom is 0.177 e. The smallest absolute Gasteiger partial charge is 0.177 e. The van der Waals surface area contributed by atoms with Gasteiger partial charge in [0.05, 0.1) is 13.7 Å². The van der Waals surface area contributed by atoms with Gasteiger partial charge in [0.2, 0.25) is 0 Å². The van der Waals surface area contributed by atoms with Gasteiger partial charge >= 0.3 is 0 Å². The van der Waals surface area contributed by atoms with Crippen molar-refractivity contribution in [1.82, 2.24) is 0 Å². The van der Waals surface area contributed by atoms with Gasteiger partial charge in [-0.3, -0.25) is 9.59 Å². The third-order valence-corrected chi connectivity index (χ3v) is 1.96. The number of phenols is 1. The molecule has 1 rings (SSSR count). The first-order valence-corrected chi connectivity index (χ1v) is 4.23. The molecule has 15 heavy (non-hydrogen) atoms. The first-order valence-electron chi connectivity index (χ1n) is 4.23. The van der Waals surface area contributed by atoms with Crippen LogP contribution in [0.3, 0.4) is 0 Å². The minimum Gasteiger partial charge on any atom is -0.504 e. The van der Waals surface area contributed by atoms with E-state index in [1.165, 1.54) is 19.2 Å². The Morgan fingerprint density at radius 2 is 2.27 bits per heavy atom. The summed E-state index contributed by atoms with van der Waals surface area (Å²) >= 11 is 0. The zero-order valence-corrected chi connectivity index (χ0v) is 8.19. The molecule has 1 aromatic carbocycles. The molecule has 0 radical (unpaired) electrons. The predicted molar refractivity (Wildman–Crippen MR) is 53.4 cm³/mol. The van der Waals surface area contributed by atoms with Crippen LogP contribution in [0.1, 0.15) is 20.7 Å². The van der Waals surface area contributed by atoms with E-state index in [2.05, 4.69) is 0 Å². The van der Waals surface area contributed by atoms with Crippen LogP contribution in [0.5, 0.6) is 11.5 Å². The molecule has 0 fully saturated rings. The molecule has 0 saturated carbocycles. The monoisotopic (exact) mass is 209 g/mol. The minimum atomic E-state index is -0.407. The van der Waals surface area contributed by atoms with Crippen LogP contribution in [0.15, 0.2) is 12.1 Å². The largest absolute Gasteiger partial charge is 0.504 e. The molecule has 5 nitrogen and oxygen atoms in total. The van der Waals surface area contributed by atoms with Gasteiger partial charge in [0.15, 0.2) is 23.6 Å². The highest BCUT2D eigenvalue weighted by Gasteiger charge is 2.14. The molecule has 1 aromatic rings. The average Bonchev–Trinajstić information content (AvgIpc) is 2.27. The second kappa shape index (κ2) is 4.56. The van der Waals surface area contributed by atoms with Gasteiger partial charge < -0.3 is 15.6 Å². The molecule has 0 saturated heterocycles. The summed E-state index contributed by atoms with van der Waals surface area (Å²) in [7, 11) is 1.36. The van der Waals surface area contributed by atoms with Crippen LogP contribution in [-0.2, 0) is 0 Å². The molecular weight excluding hydrogens is 198 g/mol. The number of phenolic OH excluding ortho intramolecular Hbond substituents is 1. The standard InChI is InChI=1S/C10H11NO4/c1-15-10-2-6(5-12)7(3-8(10)13)9(14)4-11/h2-3,5,13H,4,11H2,1H3. The molecule has 0 bridgehead atoms. The lowest BCUT2D eigenvalue weighted by Gasteiger charge is -2.07. The molecule has 0 aliphatic rings. The number of ether oxygens (including phenoxy) is 1. The van der Waals surface area contributed by atoms with Gasteiger partial charge in [-0.2, -0.15) is 0 Å². The van der Waals surface area contributed by atoms with E-state index in [9.17, 15) is 14.7 Å². The van der Waals surface area contributed by atoms with Gasteiger partial charge in [0, 0.05) is 11.1 Å². The van der Waals surface area contributed by atoms with Crippen LogP contribution in [0, 0.1) is 0 Å². The Morgan fingerprint density at radius 1 is 1.60 bits per heavy atom. The van der Waals surface area contributed by atoms with E-state index in [0.717, 1.165) is 0 Å². The first-order chi connectivity index (χ1) is 7.13. The Bertz CT molecular complexity index is 401. The number of nitrogens with two attached hydrogens (primary N) is 1. The van der Waals surface area contributed by atoms with E-state index in [1.807, 2.05) is 0 Å². The number of benzene rings is 1. The number of carbonyl (C=O) groups excluding carboxylic acids is 2. The summed E-state index contributed by atoms with van der Waals surface area (Å²) in [5.41, 5.74) is 5.43. The highest BCUT2D eigenvalue weighted by Crippen LogP contribution is 2.28. The molecule has 0 unspecified atom stereocenters. The highest BCUT2D eigenvalue weighted by atomic mass is 16.5. The molecule has 5 heteroatoms. The molecule has 0 amide bonds. The third kappa shape index (κ3) is 2.13. The number of methoxy groups -OCH3 is 1. The fourth-order valence-electron chi connectivity index (χ4n) is 1.20. The van der Waals surface area contributed by atoms with Gasteiger partial charge in [-0.25, -0.2) is 0 Å². The summed E-state index contributed by atoms with van der Waals surface area (Å²) in [5.74, 6) is -0.458. The van der Waals surface area contributed by atoms with Crippen molar-refractivity contribution >= 4 is 12.1 Å². The third-order valence-electron chi connectivity index (χ3n) is 1.96. The summed E-state index contributed by atoms with van der Waals surface area (Å²) < 4.78 is 4.80. The number of Topliss-reactive ketones (excluding diaryl/α,β-unsaturated/α-hetero) is 1. The van der Waals surface area contributed by atoms with Gasteiger partial charge in [0.25, 0.3) is 0 Å². The fraction of sp³-hybridized carbons (Fsp3) is 0.200.